The van der Waals surface area contributed by atoms with Gasteiger partial charge in [0.2, 0.25) is 0 Å². The van der Waals surface area contributed by atoms with Gasteiger partial charge in [-0.05, 0) is 49.9 Å². The summed E-state index contributed by atoms with van der Waals surface area (Å²) in [5, 5.41) is 0. The molecule has 3 aliphatic rings. The molecule has 0 saturated heterocycles. The molecule has 2 aromatic carbocycles. The molecule has 2 bridgehead atoms. The quantitative estimate of drug-likeness (QED) is 0.744. The number of carbonyl (C=O) groups is 1. The summed E-state index contributed by atoms with van der Waals surface area (Å²) < 4.78 is 5.94. The molecule has 3 aliphatic carbocycles. The van der Waals surface area contributed by atoms with E-state index in [4.69, 9.17) is 4.74 Å². The first kappa shape index (κ1) is 18.2. The van der Waals surface area contributed by atoms with Crippen molar-refractivity contribution in [3.8, 4) is 0 Å². The second-order valence-corrected chi connectivity index (χ2v) is 8.49. The molecule has 0 amide bonds. The third kappa shape index (κ3) is 3.29. The third-order valence-corrected chi connectivity index (χ3v) is 6.86. The standard InChI is InChI=1S/C24H29NO2/c1-17(26)27-22-16-24(25(2)3)14-20(18-10-6-4-7-11-18)23(22)21(15-24)19-12-8-5-9-13-19/h4-13,20-23H,14-16H2,1-3H3. The van der Waals surface area contributed by atoms with Crippen LogP contribution in [-0.4, -0.2) is 36.6 Å². The molecule has 3 atom stereocenters. The maximum atomic E-state index is 11.9. The molecule has 3 heteroatoms. The minimum absolute atomic E-state index is 0.0391. The average Bonchev–Trinajstić information content (AvgIpc) is 2.68. The van der Waals surface area contributed by atoms with E-state index in [1.54, 1.807) is 6.92 Å². The van der Waals surface area contributed by atoms with Crippen LogP contribution >= 0.6 is 0 Å². The Bertz CT molecular complexity index is 737. The maximum absolute atomic E-state index is 11.9. The molecule has 3 saturated carbocycles. The zero-order valence-corrected chi connectivity index (χ0v) is 16.5. The molecule has 0 heterocycles. The largest absolute Gasteiger partial charge is 0.462 e. The molecule has 0 aliphatic heterocycles. The highest BCUT2D eigenvalue weighted by Crippen LogP contribution is 2.60. The van der Waals surface area contributed by atoms with Crippen LogP contribution in [0.15, 0.2) is 60.7 Å². The Morgan fingerprint density at radius 1 is 0.889 bits per heavy atom. The van der Waals surface area contributed by atoms with Gasteiger partial charge in [-0.2, -0.15) is 0 Å². The van der Waals surface area contributed by atoms with Crippen LogP contribution in [0.25, 0.3) is 0 Å². The van der Waals surface area contributed by atoms with Gasteiger partial charge in [0.25, 0.3) is 0 Å². The Kier molecular flexibility index (Phi) is 4.81. The predicted molar refractivity (Wildman–Crippen MR) is 108 cm³/mol. The Morgan fingerprint density at radius 2 is 1.37 bits per heavy atom. The van der Waals surface area contributed by atoms with E-state index in [-0.39, 0.29) is 17.6 Å². The first-order chi connectivity index (χ1) is 13.0. The molecule has 3 nitrogen and oxygen atoms in total. The summed E-state index contributed by atoms with van der Waals surface area (Å²) in [5.74, 6) is 0.942. The van der Waals surface area contributed by atoms with Gasteiger partial charge >= 0.3 is 5.97 Å². The fraction of sp³-hybridized carbons (Fsp3) is 0.458. The number of hydrogen-bond donors (Lipinski definition) is 0. The van der Waals surface area contributed by atoms with E-state index < -0.39 is 0 Å². The first-order valence-corrected chi connectivity index (χ1v) is 9.95. The number of nitrogens with zero attached hydrogens (tertiary/aromatic N) is 1. The summed E-state index contributed by atoms with van der Waals surface area (Å²) in [6, 6.07) is 21.6. The van der Waals surface area contributed by atoms with Gasteiger partial charge in [0.15, 0.2) is 0 Å². The lowest BCUT2D eigenvalue weighted by Crippen LogP contribution is -2.61. The van der Waals surface area contributed by atoms with E-state index >= 15 is 0 Å². The minimum atomic E-state index is -0.167. The lowest BCUT2D eigenvalue weighted by Gasteiger charge is -2.60. The Labute approximate surface area is 162 Å². The van der Waals surface area contributed by atoms with Gasteiger partial charge in [0.05, 0.1) is 0 Å². The SMILES string of the molecule is CC(=O)OC1CC2(N(C)C)CC(c3ccccc3)C1C(c1ccccc1)C2. The van der Waals surface area contributed by atoms with Gasteiger partial charge in [-0.1, -0.05) is 60.7 Å². The molecule has 2 aromatic rings. The number of carbonyl (C=O) groups excluding carboxylic acids is 1. The van der Waals surface area contributed by atoms with Crippen LogP contribution in [0.5, 0.6) is 0 Å². The Hall–Kier alpha value is -2.13. The normalized spacial score (nSPS) is 32.4. The van der Waals surface area contributed by atoms with Gasteiger partial charge < -0.3 is 9.64 Å². The zero-order valence-electron chi connectivity index (χ0n) is 16.5. The molecule has 0 spiro atoms. The van der Waals surface area contributed by atoms with Crippen molar-refractivity contribution in [2.45, 2.75) is 49.7 Å². The molecule has 3 unspecified atom stereocenters. The molecule has 5 rings (SSSR count). The van der Waals surface area contributed by atoms with Crippen LogP contribution in [0.1, 0.15) is 49.1 Å². The number of fused-ring (bicyclic) bond motifs is 3. The monoisotopic (exact) mass is 363 g/mol. The van der Waals surface area contributed by atoms with Gasteiger partial charge in [0, 0.05) is 24.8 Å². The summed E-state index contributed by atoms with van der Waals surface area (Å²) in [6.07, 6.45) is 3.13. The summed E-state index contributed by atoms with van der Waals surface area (Å²) >= 11 is 0. The van der Waals surface area contributed by atoms with E-state index in [1.165, 1.54) is 11.1 Å². The van der Waals surface area contributed by atoms with E-state index in [9.17, 15) is 4.79 Å². The summed E-state index contributed by atoms with van der Waals surface area (Å²) in [7, 11) is 4.36. The van der Waals surface area contributed by atoms with Gasteiger partial charge in [-0.3, -0.25) is 4.79 Å². The van der Waals surface area contributed by atoms with Gasteiger partial charge in [0.1, 0.15) is 6.10 Å². The highest BCUT2D eigenvalue weighted by molar-refractivity contribution is 5.66. The smallest absolute Gasteiger partial charge is 0.302 e. The molecule has 0 aromatic heterocycles. The van der Waals surface area contributed by atoms with Crippen LogP contribution in [0.3, 0.4) is 0 Å². The van der Waals surface area contributed by atoms with Crippen molar-refractivity contribution < 1.29 is 9.53 Å². The number of esters is 1. The van der Waals surface area contributed by atoms with Crippen LogP contribution in [0.4, 0.5) is 0 Å². The van der Waals surface area contributed by atoms with Crippen molar-refractivity contribution in [1.82, 2.24) is 4.90 Å². The Morgan fingerprint density at radius 3 is 1.78 bits per heavy atom. The molecular formula is C24H29NO2. The van der Waals surface area contributed by atoms with Crippen molar-refractivity contribution >= 4 is 5.97 Å². The first-order valence-electron chi connectivity index (χ1n) is 9.95. The molecule has 0 N–H and O–H groups in total. The molecule has 142 valence electrons. The minimum Gasteiger partial charge on any atom is -0.462 e. The van der Waals surface area contributed by atoms with E-state index in [0.717, 1.165) is 19.3 Å². The number of rotatable bonds is 4. The summed E-state index contributed by atoms with van der Waals surface area (Å²) in [6.45, 7) is 1.54. The number of benzene rings is 2. The molecule has 3 fully saturated rings. The lowest BCUT2D eigenvalue weighted by molar-refractivity contribution is -0.164. The van der Waals surface area contributed by atoms with Crippen molar-refractivity contribution in [1.29, 1.82) is 0 Å². The van der Waals surface area contributed by atoms with Crippen molar-refractivity contribution in [3.05, 3.63) is 71.8 Å². The maximum Gasteiger partial charge on any atom is 0.302 e. The molecule has 0 radical (unpaired) electrons. The molecule has 27 heavy (non-hydrogen) atoms. The second kappa shape index (κ2) is 7.12. The third-order valence-electron chi connectivity index (χ3n) is 6.86. The van der Waals surface area contributed by atoms with Crippen molar-refractivity contribution in [2.75, 3.05) is 14.1 Å². The topological polar surface area (TPSA) is 29.5 Å². The zero-order chi connectivity index (χ0) is 19.0. The summed E-state index contributed by atoms with van der Waals surface area (Å²) in [5.41, 5.74) is 2.79. The predicted octanol–water partition coefficient (Wildman–Crippen LogP) is 4.60. The van der Waals surface area contributed by atoms with Crippen LogP contribution in [0.2, 0.25) is 0 Å². The van der Waals surface area contributed by atoms with E-state index in [2.05, 4.69) is 79.7 Å². The molecular weight excluding hydrogens is 334 g/mol. The van der Waals surface area contributed by atoms with Crippen molar-refractivity contribution in [2.24, 2.45) is 5.92 Å². The van der Waals surface area contributed by atoms with Gasteiger partial charge in [-0.15, -0.1) is 0 Å². The lowest BCUT2D eigenvalue weighted by atomic mass is 9.52. The fourth-order valence-corrected chi connectivity index (χ4v) is 5.61. The number of hydrogen-bond acceptors (Lipinski definition) is 3. The van der Waals surface area contributed by atoms with Crippen molar-refractivity contribution in [3.63, 3.8) is 0 Å². The van der Waals surface area contributed by atoms with Crippen LogP contribution in [0, 0.1) is 5.92 Å². The number of ether oxygens (including phenoxy) is 1. The average molecular weight is 364 g/mol. The van der Waals surface area contributed by atoms with E-state index in [1.807, 2.05) is 0 Å². The van der Waals surface area contributed by atoms with Crippen LogP contribution in [-0.2, 0) is 9.53 Å². The summed E-state index contributed by atoms with van der Waals surface area (Å²) in [4.78, 5) is 14.3. The van der Waals surface area contributed by atoms with Gasteiger partial charge in [-0.25, -0.2) is 0 Å². The Balaban J connectivity index is 1.82. The highest BCUT2D eigenvalue weighted by Gasteiger charge is 2.57. The fourth-order valence-electron chi connectivity index (χ4n) is 5.61. The van der Waals surface area contributed by atoms with Crippen LogP contribution < -0.4 is 0 Å². The second-order valence-electron chi connectivity index (χ2n) is 8.49. The highest BCUT2D eigenvalue weighted by atomic mass is 16.5. The van der Waals surface area contributed by atoms with E-state index in [0.29, 0.717) is 17.8 Å².